The maximum absolute atomic E-state index is 10.9. The maximum atomic E-state index is 10.9. The monoisotopic (exact) mass is 394 g/mol. The van der Waals surface area contributed by atoms with Crippen molar-refractivity contribution in [2.75, 3.05) is 26.1 Å². The molecule has 2 fully saturated rings. The molecule has 0 radical (unpaired) electrons. The molecule has 2 bridgehead atoms. The summed E-state index contributed by atoms with van der Waals surface area (Å²) in [4.78, 5) is 0. The van der Waals surface area contributed by atoms with Crippen molar-refractivity contribution in [3.63, 3.8) is 0 Å². The summed E-state index contributed by atoms with van der Waals surface area (Å²) in [7, 11) is 3.26. The van der Waals surface area contributed by atoms with Gasteiger partial charge in [-0.25, -0.2) is 0 Å². The van der Waals surface area contributed by atoms with Crippen LogP contribution in [0.2, 0.25) is 0 Å². The van der Waals surface area contributed by atoms with Crippen LogP contribution in [0.15, 0.2) is 30.3 Å². The fourth-order valence-corrected chi connectivity index (χ4v) is 6.14. The van der Waals surface area contributed by atoms with Crippen molar-refractivity contribution in [2.45, 2.75) is 50.0 Å². The average Bonchev–Trinajstić information content (AvgIpc) is 2.75. The molecule has 29 heavy (non-hydrogen) atoms. The smallest absolute Gasteiger partial charge is 0.162 e. The van der Waals surface area contributed by atoms with Crippen LogP contribution in [0.5, 0.6) is 17.2 Å². The molecule has 0 spiro atoms. The molecule has 1 heterocycles. The molecule has 0 amide bonds. The van der Waals surface area contributed by atoms with E-state index in [1.165, 1.54) is 43.2 Å². The van der Waals surface area contributed by atoms with Crippen LogP contribution in [0, 0.1) is 5.92 Å². The lowest BCUT2D eigenvalue weighted by Crippen LogP contribution is -2.59. The van der Waals surface area contributed by atoms with Crippen molar-refractivity contribution < 1.29 is 14.6 Å². The van der Waals surface area contributed by atoms with Crippen molar-refractivity contribution in [2.24, 2.45) is 5.92 Å². The molecule has 1 saturated carbocycles. The number of hydrogen-bond acceptors (Lipinski definition) is 5. The number of piperidine rings is 1. The zero-order valence-electron chi connectivity index (χ0n) is 17.3. The Hall–Kier alpha value is -2.40. The molecule has 3 atom stereocenters. The molecule has 154 valence electrons. The number of ether oxygens (including phenoxy) is 2. The number of rotatable bonds is 4. The zero-order chi connectivity index (χ0) is 20.0. The second-order valence-corrected chi connectivity index (χ2v) is 8.74. The van der Waals surface area contributed by atoms with Crippen LogP contribution in [0.25, 0.3) is 0 Å². The quantitative estimate of drug-likeness (QED) is 0.667. The van der Waals surface area contributed by atoms with E-state index in [4.69, 9.17) is 9.47 Å². The summed E-state index contributed by atoms with van der Waals surface area (Å²) < 4.78 is 10.7. The van der Waals surface area contributed by atoms with E-state index in [1.807, 2.05) is 18.2 Å². The Morgan fingerprint density at radius 3 is 2.76 bits per heavy atom. The summed E-state index contributed by atoms with van der Waals surface area (Å²) in [5.74, 6) is 2.39. The van der Waals surface area contributed by atoms with Crippen molar-refractivity contribution in [1.82, 2.24) is 5.32 Å². The van der Waals surface area contributed by atoms with Gasteiger partial charge in [-0.2, -0.15) is 0 Å². The zero-order valence-corrected chi connectivity index (χ0v) is 17.3. The number of hydrogen-bond donors (Lipinski definition) is 3. The predicted octanol–water partition coefficient (Wildman–Crippen LogP) is 4.50. The second kappa shape index (κ2) is 7.13. The van der Waals surface area contributed by atoms with E-state index in [0.717, 1.165) is 24.3 Å². The largest absolute Gasteiger partial charge is 0.506 e. The molecule has 5 rings (SSSR count). The fraction of sp³-hybridized carbons (Fsp3) is 0.500. The van der Waals surface area contributed by atoms with Crippen LogP contribution in [0.1, 0.15) is 43.2 Å². The Morgan fingerprint density at radius 1 is 1.07 bits per heavy atom. The minimum Gasteiger partial charge on any atom is -0.506 e. The first kappa shape index (κ1) is 18.6. The number of phenols is 1. The van der Waals surface area contributed by atoms with Crippen LogP contribution >= 0.6 is 0 Å². The van der Waals surface area contributed by atoms with E-state index in [1.54, 1.807) is 14.2 Å². The summed E-state index contributed by atoms with van der Waals surface area (Å²) in [5, 5.41) is 18.1. The Morgan fingerprint density at radius 2 is 1.93 bits per heavy atom. The summed E-state index contributed by atoms with van der Waals surface area (Å²) in [6.45, 7) is 1.09. The number of nitrogens with one attached hydrogen (secondary N) is 2. The van der Waals surface area contributed by atoms with Gasteiger partial charge < -0.3 is 25.2 Å². The van der Waals surface area contributed by atoms with Gasteiger partial charge in [0.15, 0.2) is 11.5 Å². The number of anilines is 2. The van der Waals surface area contributed by atoms with E-state index in [-0.39, 0.29) is 5.41 Å². The van der Waals surface area contributed by atoms with Gasteiger partial charge in [0.1, 0.15) is 5.75 Å². The molecule has 5 nitrogen and oxygen atoms in total. The van der Waals surface area contributed by atoms with Crippen molar-refractivity contribution in [1.29, 1.82) is 0 Å². The Bertz CT molecular complexity index is 925. The van der Waals surface area contributed by atoms with Gasteiger partial charge in [0.2, 0.25) is 0 Å². The van der Waals surface area contributed by atoms with Gasteiger partial charge in [-0.05, 0) is 73.5 Å². The first-order valence-electron chi connectivity index (χ1n) is 10.7. The molecule has 2 aromatic carbocycles. The molecule has 3 N–H and O–H groups in total. The molecule has 3 aliphatic rings. The van der Waals surface area contributed by atoms with Crippen LogP contribution in [-0.4, -0.2) is 31.9 Å². The summed E-state index contributed by atoms with van der Waals surface area (Å²) in [5.41, 5.74) is 4.64. The van der Waals surface area contributed by atoms with Gasteiger partial charge in [0.05, 0.1) is 19.9 Å². The lowest BCUT2D eigenvalue weighted by Gasteiger charge is -2.56. The lowest BCUT2D eigenvalue weighted by molar-refractivity contribution is 0.0796. The van der Waals surface area contributed by atoms with E-state index in [0.29, 0.717) is 29.2 Å². The van der Waals surface area contributed by atoms with Crippen molar-refractivity contribution >= 4 is 11.4 Å². The Labute approximate surface area is 172 Å². The SMILES string of the molecule is COc1ccc(Nc2cc3c(cc2O)[C@@]24CCCC[C@H]2[C@@H](C3)NCC4)cc1OC. The first-order valence-corrected chi connectivity index (χ1v) is 10.7. The third kappa shape index (κ3) is 2.94. The van der Waals surface area contributed by atoms with Gasteiger partial charge in [-0.1, -0.05) is 12.8 Å². The topological polar surface area (TPSA) is 62.8 Å². The van der Waals surface area contributed by atoms with Gasteiger partial charge in [-0.3, -0.25) is 0 Å². The molecule has 5 heteroatoms. The number of aromatic hydroxyl groups is 1. The molecule has 0 unspecified atom stereocenters. The van der Waals surface area contributed by atoms with E-state index in [2.05, 4.69) is 22.8 Å². The third-order valence-corrected chi connectivity index (χ3v) is 7.42. The number of methoxy groups -OCH3 is 2. The van der Waals surface area contributed by atoms with Gasteiger partial charge in [0.25, 0.3) is 0 Å². The molecule has 2 aliphatic carbocycles. The fourth-order valence-electron chi connectivity index (χ4n) is 6.14. The summed E-state index contributed by atoms with van der Waals surface area (Å²) in [6, 6.07) is 10.5. The highest BCUT2D eigenvalue weighted by molar-refractivity contribution is 5.70. The van der Waals surface area contributed by atoms with Gasteiger partial charge in [0, 0.05) is 23.2 Å². The predicted molar refractivity (Wildman–Crippen MR) is 115 cm³/mol. The molecular weight excluding hydrogens is 364 g/mol. The average molecular weight is 395 g/mol. The highest BCUT2D eigenvalue weighted by atomic mass is 16.5. The third-order valence-electron chi connectivity index (χ3n) is 7.42. The molecule has 1 aliphatic heterocycles. The Balaban J connectivity index is 1.51. The molecule has 0 aromatic heterocycles. The minimum atomic E-state index is 0.251. The van der Waals surface area contributed by atoms with Gasteiger partial charge in [-0.15, -0.1) is 0 Å². The lowest BCUT2D eigenvalue weighted by atomic mass is 9.53. The van der Waals surface area contributed by atoms with Crippen LogP contribution in [0.4, 0.5) is 11.4 Å². The van der Waals surface area contributed by atoms with Crippen LogP contribution in [0.3, 0.4) is 0 Å². The summed E-state index contributed by atoms with van der Waals surface area (Å²) in [6.07, 6.45) is 7.43. The number of phenolic OH excluding ortho intramolecular Hbond substituents is 1. The molecule has 2 aromatic rings. The summed E-state index contributed by atoms with van der Waals surface area (Å²) >= 11 is 0. The van der Waals surface area contributed by atoms with Crippen molar-refractivity contribution in [3.8, 4) is 17.2 Å². The van der Waals surface area contributed by atoms with E-state index >= 15 is 0 Å². The van der Waals surface area contributed by atoms with E-state index in [9.17, 15) is 5.11 Å². The maximum Gasteiger partial charge on any atom is 0.162 e. The van der Waals surface area contributed by atoms with E-state index < -0.39 is 0 Å². The standard InChI is InChI=1S/C24H30N2O3/c1-28-22-7-6-16(13-23(22)29-2)26-20-12-15-11-19-17-5-3-4-8-24(17,9-10-25-19)18(15)14-21(20)27/h6-7,12-14,17,19,25-27H,3-5,8-11H2,1-2H3/t17-,19+,24+/m0/s1. The number of fused-ring (bicyclic) bond motifs is 1. The molecular formula is C24H30N2O3. The minimum absolute atomic E-state index is 0.251. The van der Waals surface area contributed by atoms with Crippen molar-refractivity contribution in [3.05, 3.63) is 41.5 Å². The first-order chi connectivity index (χ1) is 14.1. The van der Waals surface area contributed by atoms with Gasteiger partial charge >= 0.3 is 0 Å². The highest BCUT2D eigenvalue weighted by Gasteiger charge is 2.51. The normalized spacial score (nSPS) is 27.5. The van der Waals surface area contributed by atoms with Crippen LogP contribution < -0.4 is 20.1 Å². The number of benzene rings is 2. The van der Waals surface area contributed by atoms with Crippen LogP contribution in [-0.2, 0) is 11.8 Å². The highest BCUT2D eigenvalue weighted by Crippen LogP contribution is 2.55. The second-order valence-electron chi connectivity index (χ2n) is 8.74. The molecule has 1 saturated heterocycles. The Kier molecular flexibility index (Phi) is 4.58.